The van der Waals surface area contributed by atoms with E-state index < -0.39 is 24.2 Å². The van der Waals surface area contributed by atoms with E-state index in [0.717, 1.165) is 50.8 Å². The van der Waals surface area contributed by atoms with Gasteiger partial charge < -0.3 is 26.0 Å². The molecule has 4 aromatic rings. The van der Waals surface area contributed by atoms with Crippen LogP contribution in [0.15, 0.2) is 42.7 Å². The van der Waals surface area contributed by atoms with E-state index in [1.807, 2.05) is 25.1 Å². The van der Waals surface area contributed by atoms with Crippen LogP contribution in [-0.4, -0.2) is 66.2 Å². The van der Waals surface area contributed by atoms with E-state index in [9.17, 15) is 15.3 Å². The Bertz CT molecular complexity index is 1430. The van der Waals surface area contributed by atoms with Gasteiger partial charge in [0.2, 0.25) is 5.95 Å². The lowest BCUT2D eigenvalue weighted by Crippen LogP contribution is -2.36. The van der Waals surface area contributed by atoms with Crippen molar-refractivity contribution < 1.29 is 15.3 Å². The van der Waals surface area contributed by atoms with Gasteiger partial charge in [-0.25, -0.2) is 9.97 Å². The minimum atomic E-state index is -1.04. The number of hydrogen-bond donors (Lipinski definition) is 5. The number of nitrogens with zero attached hydrogens (tertiary/aromatic N) is 4. The molecule has 0 amide bonds. The number of rotatable bonds is 7. The lowest BCUT2D eigenvalue weighted by Gasteiger charge is -2.24. The molecule has 2 aliphatic rings. The molecule has 204 valence electrons. The zero-order valence-electron chi connectivity index (χ0n) is 21.5. The Kier molecular flexibility index (Phi) is 7.39. The number of aliphatic hydroxyl groups is 3. The highest BCUT2D eigenvalue weighted by Crippen LogP contribution is 2.40. The number of thiazole rings is 1. The molecule has 9 nitrogen and oxygen atoms in total. The maximum atomic E-state index is 10.7. The van der Waals surface area contributed by atoms with Gasteiger partial charge in [0.15, 0.2) is 0 Å². The molecule has 3 heterocycles. The van der Waals surface area contributed by atoms with Crippen LogP contribution in [-0.2, 0) is 0 Å². The molecule has 0 radical (unpaired) electrons. The van der Waals surface area contributed by atoms with Crippen molar-refractivity contribution in [1.29, 1.82) is 0 Å². The number of aromatic nitrogens is 4. The van der Waals surface area contributed by atoms with Crippen molar-refractivity contribution in [3.05, 3.63) is 59.0 Å². The summed E-state index contributed by atoms with van der Waals surface area (Å²) < 4.78 is 1.00. The van der Waals surface area contributed by atoms with Crippen molar-refractivity contribution >= 4 is 44.9 Å². The monoisotopic (exact) mass is 566 g/mol. The molecule has 6 atom stereocenters. The van der Waals surface area contributed by atoms with Crippen molar-refractivity contribution in [3.8, 4) is 10.6 Å². The maximum Gasteiger partial charge on any atom is 0.225 e. The molecule has 5 N–H and O–H groups in total. The Morgan fingerprint density at radius 2 is 1.82 bits per heavy atom. The SMILES string of the molecule is Cc1nc(N[C@H]2CCC[C@H]2c2ccc(Cl)cc2)nc(NC2C[C@H](CO)[C@@H](O)[C@H]2O)c1-c1nc2cnccc2s1. The Morgan fingerprint density at radius 3 is 2.56 bits per heavy atom. The van der Waals surface area contributed by atoms with Crippen LogP contribution >= 0.6 is 22.9 Å². The first kappa shape index (κ1) is 26.3. The number of aryl methyl sites for hydroxylation is 1. The zero-order valence-corrected chi connectivity index (χ0v) is 23.0. The minimum Gasteiger partial charge on any atom is -0.396 e. The largest absolute Gasteiger partial charge is 0.396 e. The van der Waals surface area contributed by atoms with Gasteiger partial charge in [-0.1, -0.05) is 30.2 Å². The van der Waals surface area contributed by atoms with Gasteiger partial charge in [-0.2, -0.15) is 4.98 Å². The first-order valence-electron chi connectivity index (χ1n) is 13.3. The molecule has 0 bridgehead atoms. The van der Waals surface area contributed by atoms with Gasteiger partial charge in [0, 0.05) is 35.7 Å². The number of pyridine rings is 1. The summed E-state index contributed by atoms with van der Waals surface area (Å²) in [6, 6.07) is 9.63. The molecule has 0 aliphatic heterocycles. The van der Waals surface area contributed by atoms with Crippen molar-refractivity contribution in [2.45, 2.75) is 62.8 Å². The van der Waals surface area contributed by atoms with Crippen LogP contribution in [0.4, 0.5) is 11.8 Å². The Hall–Kier alpha value is -2.89. The second-order valence-corrected chi connectivity index (χ2v) is 11.9. The summed E-state index contributed by atoms with van der Waals surface area (Å²) in [5, 5.41) is 39.3. The number of aliphatic hydroxyl groups excluding tert-OH is 3. The van der Waals surface area contributed by atoms with Crippen LogP contribution in [0, 0.1) is 12.8 Å². The average molecular weight is 567 g/mol. The average Bonchev–Trinajstić information content (AvgIpc) is 3.63. The molecule has 1 aromatic carbocycles. The van der Waals surface area contributed by atoms with Crippen LogP contribution < -0.4 is 10.6 Å². The van der Waals surface area contributed by atoms with Crippen molar-refractivity contribution in [2.24, 2.45) is 5.92 Å². The van der Waals surface area contributed by atoms with E-state index in [1.54, 1.807) is 12.4 Å². The molecule has 3 aromatic heterocycles. The summed E-state index contributed by atoms with van der Waals surface area (Å²) in [7, 11) is 0. The third-order valence-electron chi connectivity index (χ3n) is 7.98. The van der Waals surface area contributed by atoms with Gasteiger partial charge >= 0.3 is 0 Å². The van der Waals surface area contributed by atoms with E-state index in [-0.39, 0.29) is 12.6 Å². The van der Waals surface area contributed by atoms with Gasteiger partial charge in [0.05, 0.1) is 34.3 Å². The predicted molar refractivity (Wildman–Crippen MR) is 153 cm³/mol. The number of anilines is 2. The van der Waals surface area contributed by atoms with Crippen molar-refractivity contribution in [3.63, 3.8) is 0 Å². The highest BCUT2D eigenvalue weighted by atomic mass is 35.5. The number of nitrogens with one attached hydrogen (secondary N) is 2. The van der Waals surface area contributed by atoms with Crippen LogP contribution in [0.5, 0.6) is 0 Å². The molecule has 6 rings (SSSR count). The standard InChI is InChI=1S/C28H31ClN6O3S/c1-14-23(27-33-21-12-30-10-9-22(21)39-27)26(32-20-11-16(13-36)24(37)25(20)38)35-28(31-14)34-19-4-2-3-18(19)15-5-7-17(29)8-6-15/h5-10,12,16,18-20,24-25,36-38H,2-4,11,13H2,1H3,(H2,31,32,34,35)/t16-,18+,19+,20?,24-,25+/m1/s1. The quantitative estimate of drug-likeness (QED) is 0.221. The Balaban J connectivity index is 1.35. The fraction of sp³-hybridized carbons (Fsp3) is 0.429. The summed E-state index contributed by atoms with van der Waals surface area (Å²) >= 11 is 7.65. The second kappa shape index (κ2) is 10.9. The summed E-state index contributed by atoms with van der Waals surface area (Å²) in [5.41, 5.74) is 3.52. The summed E-state index contributed by atoms with van der Waals surface area (Å²) in [5.74, 6) is 0.941. The van der Waals surface area contributed by atoms with Crippen LogP contribution in [0.3, 0.4) is 0 Å². The van der Waals surface area contributed by atoms with Gasteiger partial charge in [-0.05, 0) is 49.9 Å². The van der Waals surface area contributed by atoms with E-state index in [0.29, 0.717) is 24.1 Å². The maximum absolute atomic E-state index is 10.7. The molecule has 39 heavy (non-hydrogen) atoms. The van der Waals surface area contributed by atoms with E-state index >= 15 is 0 Å². The van der Waals surface area contributed by atoms with Crippen molar-refractivity contribution in [1.82, 2.24) is 19.9 Å². The lowest BCUT2D eigenvalue weighted by atomic mass is 9.94. The zero-order chi connectivity index (χ0) is 27.1. The summed E-state index contributed by atoms with van der Waals surface area (Å²) in [6.07, 6.45) is 5.00. The summed E-state index contributed by atoms with van der Waals surface area (Å²) in [6.45, 7) is 1.73. The first-order valence-corrected chi connectivity index (χ1v) is 14.5. The number of halogens is 1. The normalized spacial score (nSPS) is 26.8. The fourth-order valence-electron chi connectivity index (χ4n) is 5.92. The lowest BCUT2D eigenvalue weighted by molar-refractivity contribution is 0.00446. The van der Waals surface area contributed by atoms with Gasteiger partial charge in [-0.15, -0.1) is 11.3 Å². The molecule has 1 unspecified atom stereocenters. The van der Waals surface area contributed by atoms with E-state index in [4.69, 9.17) is 26.6 Å². The van der Waals surface area contributed by atoms with Crippen molar-refractivity contribution in [2.75, 3.05) is 17.2 Å². The highest BCUT2D eigenvalue weighted by Gasteiger charge is 2.41. The van der Waals surface area contributed by atoms with Gasteiger partial charge in [0.1, 0.15) is 22.4 Å². The van der Waals surface area contributed by atoms with Crippen LogP contribution in [0.25, 0.3) is 20.8 Å². The van der Waals surface area contributed by atoms with Crippen LogP contribution in [0.1, 0.15) is 42.9 Å². The van der Waals surface area contributed by atoms with E-state index in [1.165, 1.54) is 16.9 Å². The van der Waals surface area contributed by atoms with Gasteiger partial charge in [-0.3, -0.25) is 4.98 Å². The molecule has 0 spiro atoms. The number of hydrogen-bond acceptors (Lipinski definition) is 10. The molecular weight excluding hydrogens is 536 g/mol. The fourth-order valence-corrected chi connectivity index (χ4v) is 7.07. The third-order valence-corrected chi connectivity index (χ3v) is 9.29. The highest BCUT2D eigenvalue weighted by molar-refractivity contribution is 7.21. The smallest absolute Gasteiger partial charge is 0.225 e. The molecule has 2 aliphatic carbocycles. The summed E-state index contributed by atoms with van der Waals surface area (Å²) in [4.78, 5) is 18.7. The molecular formula is C28H31ClN6O3S. The molecule has 0 saturated heterocycles. The number of benzene rings is 1. The predicted octanol–water partition coefficient (Wildman–Crippen LogP) is 4.37. The first-order chi connectivity index (χ1) is 18.9. The topological polar surface area (TPSA) is 136 Å². The second-order valence-electron chi connectivity index (χ2n) is 10.5. The Labute approximate surface area is 235 Å². The number of fused-ring (bicyclic) bond motifs is 1. The minimum absolute atomic E-state index is 0.162. The molecule has 2 fully saturated rings. The molecule has 11 heteroatoms. The third kappa shape index (κ3) is 5.19. The van der Waals surface area contributed by atoms with Gasteiger partial charge in [0.25, 0.3) is 0 Å². The Morgan fingerprint density at radius 1 is 1.00 bits per heavy atom. The van der Waals surface area contributed by atoms with E-state index in [2.05, 4.69) is 27.8 Å². The van der Waals surface area contributed by atoms with Crippen LogP contribution in [0.2, 0.25) is 5.02 Å². The molecule has 2 saturated carbocycles.